The number of rotatable bonds is 4. The zero-order valence-electron chi connectivity index (χ0n) is 31.8. The maximum absolute atomic E-state index is 15.3. The van der Waals surface area contributed by atoms with Gasteiger partial charge in [-0.15, -0.1) is 0 Å². The van der Waals surface area contributed by atoms with E-state index in [0.29, 0.717) is 49.9 Å². The van der Waals surface area contributed by atoms with Crippen LogP contribution in [0.25, 0.3) is 45.6 Å². The summed E-state index contributed by atoms with van der Waals surface area (Å²) < 4.78 is 49.8. The van der Waals surface area contributed by atoms with Gasteiger partial charge in [-0.3, -0.25) is 4.79 Å². The first-order valence-corrected chi connectivity index (χ1v) is 20.9. The van der Waals surface area contributed by atoms with Crippen LogP contribution in [-0.4, -0.2) is 40.4 Å². The zero-order chi connectivity index (χ0) is 42.1. The first kappa shape index (κ1) is 41.7. The Morgan fingerprint density at radius 1 is 0.695 bits per heavy atom. The van der Waals surface area contributed by atoms with E-state index in [1.54, 1.807) is 45.0 Å². The summed E-state index contributed by atoms with van der Waals surface area (Å²) in [5.41, 5.74) is 3.50. The minimum Gasteiger partial charge on any atom is -0.508 e. The second kappa shape index (κ2) is 15.1. The van der Waals surface area contributed by atoms with Gasteiger partial charge >= 0.3 is 11.9 Å². The molecule has 0 bridgehead atoms. The van der Waals surface area contributed by atoms with Crippen LogP contribution in [-0.2, 0) is 0 Å². The lowest BCUT2D eigenvalue weighted by Crippen LogP contribution is -2.63. The molecule has 0 fully saturated rings. The Bertz CT molecular complexity index is 3080. The number of hydrogen-bond acceptors (Lipinski definition) is 6. The van der Waals surface area contributed by atoms with E-state index in [1.165, 1.54) is 24.3 Å². The van der Waals surface area contributed by atoms with Gasteiger partial charge in [0.05, 0.1) is 11.1 Å². The number of fused-ring (bicyclic) bond motifs is 4. The molecule has 59 heavy (non-hydrogen) atoms. The number of carboxylic acid groups (broad SMARTS) is 2. The fourth-order valence-electron chi connectivity index (χ4n) is 7.77. The number of phenolic OH excluding ortho intramolecular Hbond substituents is 2. The highest BCUT2D eigenvalue weighted by Gasteiger charge is 2.37. The maximum atomic E-state index is 15.3. The molecule has 0 radical (unpaired) electrons. The number of phenols is 2. The van der Waals surface area contributed by atoms with E-state index >= 15 is 4.39 Å². The SMILES string of the molecule is C.C=c1ccc2c(c1)[Si](C)(C)c1cc(O)ccc1C=2c1c(C)cc(C(=O)O)c(F)c1F.Cc1cc2c(-c3ccc(C(=O)O)cc3C)c3cc(F)c(=O)cc-3oc2cc1O. The Balaban J connectivity index is 0.000000195. The fourth-order valence-corrected chi connectivity index (χ4v) is 10.9. The molecule has 0 amide bonds. The molecule has 0 spiro atoms. The van der Waals surface area contributed by atoms with Gasteiger partial charge in [0.2, 0.25) is 5.43 Å². The average molecular weight is 817 g/mol. The van der Waals surface area contributed by atoms with Crippen molar-refractivity contribution in [2.24, 2.45) is 0 Å². The molecule has 12 heteroatoms. The third kappa shape index (κ3) is 7.05. The van der Waals surface area contributed by atoms with Crippen molar-refractivity contribution in [1.82, 2.24) is 0 Å². The lowest BCUT2D eigenvalue weighted by molar-refractivity contribution is 0.0682. The van der Waals surface area contributed by atoms with E-state index < -0.39 is 48.5 Å². The minimum atomic E-state index is -2.28. The standard InChI is InChI=1S/C24H20F2O3Si.C22H15FO5.CH4/c1-12-5-7-15-18(9-12)30(3,4)19-11-14(27)6-8-16(19)21(15)20-13(2)10-17(24(28)29)22(25)23(20)26;1-10-5-12(22(26)27)3-4-13(10)21-14-6-11(2)17(24)8-19(14)28-20-9-18(25)16(23)7-15(20)21;/h5-11,27H,1H2,2-4H3,(H,28,29);3-9,24H,1-2H3,(H,26,27);1H4. The lowest BCUT2D eigenvalue weighted by atomic mass is 9.90. The number of carbonyl (C=O) groups is 2. The molecule has 0 aromatic heterocycles. The quantitative estimate of drug-likeness (QED) is 0.104. The third-order valence-electron chi connectivity index (χ3n) is 10.7. The molecule has 0 unspecified atom stereocenters. The molecule has 0 saturated heterocycles. The summed E-state index contributed by atoms with van der Waals surface area (Å²) in [5.74, 6) is -5.72. The highest BCUT2D eigenvalue weighted by molar-refractivity contribution is 7.01. The van der Waals surface area contributed by atoms with Crippen molar-refractivity contribution in [2.75, 3.05) is 0 Å². The molecule has 300 valence electrons. The number of halogens is 3. The normalized spacial score (nSPS) is 12.6. The number of hydrogen-bond donors (Lipinski definition) is 4. The molecule has 8 nitrogen and oxygen atoms in total. The molecule has 1 aliphatic carbocycles. The number of aryl methyl sites for hydroxylation is 3. The van der Waals surface area contributed by atoms with Gasteiger partial charge in [-0.1, -0.05) is 57.4 Å². The molecule has 5 aromatic rings. The van der Waals surface area contributed by atoms with Crippen molar-refractivity contribution < 1.29 is 47.6 Å². The van der Waals surface area contributed by atoms with Crippen LogP contribution < -0.4 is 26.2 Å². The van der Waals surface area contributed by atoms with E-state index in [4.69, 9.17) is 4.42 Å². The zero-order valence-corrected chi connectivity index (χ0v) is 32.8. The first-order chi connectivity index (χ1) is 27.3. The van der Waals surface area contributed by atoms with E-state index in [1.807, 2.05) is 18.2 Å². The van der Waals surface area contributed by atoms with E-state index in [-0.39, 0.29) is 35.8 Å². The number of aromatic carboxylic acids is 2. The predicted octanol–water partition coefficient (Wildman–Crippen LogP) is 7.83. The van der Waals surface area contributed by atoms with Crippen LogP contribution in [0.1, 0.15) is 56.0 Å². The van der Waals surface area contributed by atoms with Gasteiger partial charge in [-0.05, 0) is 117 Å². The topological polar surface area (TPSA) is 145 Å². The maximum Gasteiger partial charge on any atom is 0.338 e. The summed E-state index contributed by atoms with van der Waals surface area (Å²) >= 11 is 0. The summed E-state index contributed by atoms with van der Waals surface area (Å²) in [6.45, 7) is 13.3. The van der Waals surface area contributed by atoms with Crippen LogP contribution in [0.5, 0.6) is 11.5 Å². The molecule has 3 aliphatic rings. The Kier molecular flexibility index (Phi) is 10.7. The second-order valence-corrected chi connectivity index (χ2v) is 19.2. The van der Waals surface area contributed by atoms with Crippen molar-refractivity contribution in [1.29, 1.82) is 0 Å². The molecule has 5 aromatic carbocycles. The van der Waals surface area contributed by atoms with Crippen molar-refractivity contribution in [3.05, 3.63) is 162 Å². The summed E-state index contributed by atoms with van der Waals surface area (Å²) in [5, 5.41) is 42.7. The molecular formula is C47H39F3O8Si. The highest BCUT2D eigenvalue weighted by Crippen LogP contribution is 2.43. The smallest absolute Gasteiger partial charge is 0.338 e. The third-order valence-corrected chi connectivity index (χ3v) is 14.2. The van der Waals surface area contributed by atoms with Gasteiger partial charge in [-0.2, -0.15) is 0 Å². The van der Waals surface area contributed by atoms with Gasteiger partial charge in [-0.25, -0.2) is 22.8 Å². The summed E-state index contributed by atoms with van der Waals surface area (Å²) in [6.07, 6.45) is 0. The summed E-state index contributed by atoms with van der Waals surface area (Å²) in [7, 11) is -2.28. The number of aromatic hydroxyl groups is 2. The van der Waals surface area contributed by atoms with Crippen LogP contribution in [0.4, 0.5) is 13.2 Å². The molecular weight excluding hydrogens is 778 g/mol. The molecule has 4 N–H and O–H groups in total. The summed E-state index contributed by atoms with van der Waals surface area (Å²) in [6, 6.07) is 21.8. The van der Waals surface area contributed by atoms with E-state index in [9.17, 15) is 43.6 Å². The molecule has 0 saturated carbocycles. The van der Waals surface area contributed by atoms with Crippen molar-refractivity contribution in [3.63, 3.8) is 0 Å². The summed E-state index contributed by atoms with van der Waals surface area (Å²) in [4.78, 5) is 34.4. The van der Waals surface area contributed by atoms with Crippen molar-refractivity contribution >= 4 is 53.5 Å². The Morgan fingerprint density at radius 3 is 2.05 bits per heavy atom. The van der Waals surface area contributed by atoms with E-state index in [0.717, 1.165) is 44.6 Å². The largest absolute Gasteiger partial charge is 0.508 e. The fraction of sp³-hybridized carbons (Fsp3) is 0.128. The van der Waals surface area contributed by atoms with Gasteiger partial charge in [0.15, 0.2) is 17.5 Å². The lowest BCUT2D eigenvalue weighted by Gasteiger charge is -2.33. The van der Waals surface area contributed by atoms with E-state index in [2.05, 4.69) is 19.7 Å². The molecule has 8 rings (SSSR count). The highest BCUT2D eigenvalue weighted by atomic mass is 28.3. The second-order valence-electron chi connectivity index (χ2n) is 14.9. The molecule has 2 heterocycles. The van der Waals surface area contributed by atoms with Crippen LogP contribution in [0.15, 0.2) is 94.1 Å². The average Bonchev–Trinajstić information content (AvgIpc) is 3.15. The van der Waals surface area contributed by atoms with Crippen LogP contribution in [0.3, 0.4) is 0 Å². The predicted molar refractivity (Wildman–Crippen MR) is 225 cm³/mol. The van der Waals surface area contributed by atoms with Crippen LogP contribution in [0.2, 0.25) is 13.1 Å². The monoisotopic (exact) mass is 816 g/mol. The Labute approximate surface area is 337 Å². The van der Waals surface area contributed by atoms with Crippen LogP contribution >= 0.6 is 0 Å². The number of benzene rings is 6. The van der Waals surface area contributed by atoms with Crippen molar-refractivity contribution in [2.45, 2.75) is 41.3 Å². The van der Waals surface area contributed by atoms with Gasteiger partial charge in [0, 0.05) is 34.2 Å². The first-order valence-electron chi connectivity index (χ1n) is 17.9. The number of carboxylic acids is 2. The van der Waals surface area contributed by atoms with Gasteiger partial charge in [0.1, 0.15) is 30.9 Å². The Morgan fingerprint density at radius 2 is 1.39 bits per heavy atom. The molecule has 2 aliphatic heterocycles. The van der Waals surface area contributed by atoms with Crippen molar-refractivity contribution in [3.8, 4) is 33.9 Å². The van der Waals surface area contributed by atoms with Gasteiger partial charge in [0.25, 0.3) is 0 Å². The van der Waals surface area contributed by atoms with Crippen LogP contribution in [0, 0.1) is 38.2 Å². The molecule has 0 atom stereocenters. The Hall–Kier alpha value is -6.92. The van der Waals surface area contributed by atoms with Gasteiger partial charge < -0.3 is 24.8 Å². The minimum absolute atomic E-state index is 0.